The molecule has 18 heavy (non-hydrogen) atoms. The summed E-state index contributed by atoms with van der Waals surface area (Å²) in [5.74, 6) is -5.40. The van der Waals surface area contributed by atoms with Crippen molar-refractivity contribution in [2.24, 2.45) is 5.92 Å². The van der Waals surface area contributed by atoms with Gasteiger partial charge in [-0.05, 0) is 0 Å². The summed E-state index contributed by atoms with van der Waals surface area (Å²) in [7, 11) is 0. The molecule has 0 radical (unpaired) electrons. The number of hydrogen-bond acceptors (Lipinski definition) is 6. The highest BCUT2D eigenvalue weighted by Gasteiger charge is 2.42. The summed E-state index contributed by atoms with van der Waals surface area (Å²) in [6.45, 7) is 0. The lowest BCUT2D eigenvalue weighted by Gasteiger charge is -2.01. The molecular formula is C9H8N2O7. The molecule has 0 aromatic heterocycles. The Labute approximate surface area is 99.6 Å². The number of carboxylic acids is 1. The van der Waals surface area contributed by atoms with Gasteiger partial charge >= 0.3 is 5.97 Å². The van der Waals surface area contributed by atoms with Crippen LogP contribution in [0.15, 0.2) is 12.2 Å². The maximum absolute atomic E-state index is 10.6. The van der Waals surface area contributed by atoms with Gasteiger partial charge in [0.2, 0.25) is 0 Å². The van der Waals surface area contributed by atoms with Crippen molar-refractivity contribution in [1.29, 1.82) is 0 Å². The topological polar surface area (TPSA) is 141 Å². The summed E-state index contributed by atoms with van der Waals surface area (Å²) in [5, 5.41) is 18.7. The average Bonchev–Trinajstić information content (AvgIpc) is 2.78. The molecular weight excluding hydrogens is 248 g/mol. The molecule has 2 aliphatic rings. The van der Waals surface area contributed by atoms with Crippen molar-refractivity contribution >= 4 is 29.6 Å². The zero-order chi connectivity index (χ0) is 13.9. The number of nitrogens with one attached hydrogen (secondary N) is 1. The van der Waals surface area contributed by atoms with Gasteiger partial charge in [0, 0.05) is 12.2 Å². The van der Waals surface area contributed by atoms with Crippen molar-refractivity contribution in [3.05, 3.63) is 12.2 Å². The smallest absolute Gasteiger partial charge is 0.316 e. The lowest BCUT2D eigenvalue weighted by molar-refractivity contribution is -0.173. The fourth-order valence-corrected chi connectivity index (χ4v) is 1.17. The van der Waals surface area contributed by atoms with E-state index in [-0.39, 0.29) is 16.9 Å². The van der Waals surface area contributed by atoms with Gasteiger partial charge in [0.25, 0.3) is 23.6 Å². The van der Waals surface area contributed by atoms with Crippen molar-refractivity contribution in [3.63, 3.8) is 0 Å². The molecule has 0 aliphatic carbocycles. The molecule has 1 atom stereocenters. The van der Waals surface area contributed by atoms with Crippen molar-refractivity contribution in [1.82, 2.24) is 10.4 Å². The molecule has 3 N–H and O–H groups in total. The third-order valence-electron chi connectivity index (χ3n) is 2.05. The Balaban J connectivity index is 0.000000199. The van der Waals surface area contributed by atoms with Gasteiger partial charge in [-0.2, -0.15) is 5.06 Å². The summed E-state index contributed by atoms with van der Waals surface area (Å²) < 4.78 is 0. The molecule has 0 bridgehead atoms. The number of amides is 4. The molecule has 1 saturated heterocycles. The molecule has 1 fully saturated rings. The standard InChI is InChI=1S/C5H5NO5.C4H3NO2/c7-3-1-2(5(9)10)4(8)6(3)11;6-3-1-2-4(7)5-3/h2,11H,1H2,(H,9,10);1-2H,(H,5,6,7). The molecule has 9 nitrogen and oxygen atoms in total. The van der Waals surface area contributed by atoms with Gasteiger partial charge in [-0.15, -0.1) is 0 Å². The van der Waals surface area contributed by atoms with E-state index in [1.165, 1.54) is 12.2 Å². The van der Waals surface area contributed by atoms with Crippen LogP contribution in [0.4, 0.5) is 0 Å². The minimum Gasteiger partial charge on any atom is -0.481 e. The molecule has 2 aliphatic heterocycles. The minimum atomic E-state index is -1.41. The zero-order valence-corrected chi connectivity index (χ0v) is 8.82. The van der Waals surface area contributed by atoms with Crippen LogP contribution in [0.2, 0.25) is 0 Å². The number of nitrogens with zero attached hydrogens (tertiary/aromatic N) is 1. The monoisotopic (exact) mass is 256 g/mol. The van der Waals surface area contributed by atoms with E-state index in [9.17, 15) is 24.0 Å². The Morgan fingerprint density at radius 3 is 1.89 bits per heavy atom. The number of imide groups is 2. The van der Waals surface area contributed by atoms with Crippen LogP contribution in [0.5, 0.6) is 0 Å². The minimum absolute atomic E-state index is 0.154. The number of hydrogen-bond donors (Lipinski definition) is 3. The maximum Gasteiger partial charge on any atom is 0.316 e. The van der Waals surface area contributed by atoms with E-state index >= 15 is 0 Å². The Kier molecular flexibility index (Phi) is 3.89. The summed E-state index contributed by atoms with van der Waals surface area (Å²) >= 11 is 0. The van der Waals surface area contributed by atoms with Crippen LogP contribution in [-0.2, 0) is 24.0 Å². The fourth-order valence-electron chi connectivity index (χ4n) is 1.17. The lowest BCUT2D eigenvalue weighted by atomic mass is 10.1. The summed E-state index contributed by atoms with van der Waals surface area (Å²) in [6, 6.07) is 0. The van der Waals surface area contributed by atoms with Gasteiger partial charge in [0.05, 0.1) is 6.42 Å². The van der Waals surface area contributed by atoms with Gasteiger partial charge in [-0.25, -0.2) is 0 Å². The SMILES string of the molecule is O=C(O)C1CC(=O)N(O)C1=O.O=C1C=CC(=O)N1. The van der Waals surface area contributed by atoms with E-state index in [2.05, 4.69) is 0 Å². The van der Waals surface area contributed by atoms with Crippen LogP contribution >= 0.6 is 0 Å². The lowest BCUT2D eigenvalue weighted by Crippen LogP contribution is -2.29. The van der Waals surface area contributed by atoms with Crippen molar-refractivity contribution < 1.29 is 34.3 Å². The summed E-state index contributed by atoms with van der Waals surface area (Å²) in [4.78, 5) is 51.4. The zero-order valence-electron chi connectivity index (χ0n) is 8.82. The van der Waals surface area contributed by atoms with Gasteiger partial charge in [-0.1, -0.05) is 0 Å². The molecule has 2 rings (SSSR count). The van der Waals surface area contributed by atoms with Crippen molar-refractivity contribution in [2.75, 3.05) is 0 Å². The van der Waals surface area contributed by atoms with Gasteiger partial charge in [0.15, 0.2) is 0 Å². The van der Waals surface area contributed by atoms with Crippen LogP contribution in [0.3, 0.4) is 0 Å². The van der Waals surface area contributed by atoms with E-state index in [1.807, 2.05) is 5.32 Å². The highest BCUT2D eigenvalue weighted by atomic mass is 16.5. The third-order valence-corrected chi connectivity index (χ3v) is 2.05. The predicted molar refractivity (Wildman–Crippen MR) is 51.7 cm³/mol. The van der Waals surface area contributed by atoms with Crippen LogP contribution in [-0.4, -0.2) is 45.0 Å². The van der Waals surface area contributed by atoms with E-state index in [1.54, 1.807) is 0 Å². The van der Waals surface area contributed by atoms with E-state index in [0.29, 0.717) is 0 Å². The molecule has 4 amide bonds. The molecule has 1 unspecified atom stereocenters. The number of hydroxylamine groups is 2. The van der Waals surface area contributed by atoms with Gasteiger partial charge in [-0.3, -0.25) is 34.5 Å². The Morgan fingerprint density at radius 2 is 1.72 bits per heavy atom. The van der Waals surface area contributed by atoms with Crippen LogP contribution in [0, 0.1) is 5.92 Å². The Morgan fingerprint density at radius 1 is 1.22 bits per heavy atom. The third kappa shape index (κ3) is 2.98. The summed E-state index contributed by atoms with van der Waals surface area (Å²) in [6.07, 6.45) is 1.94. The second-order valence-corrected chi connectivity index (χ2v) is 3.33. The van der Waals surface area contributed by atoms with Crippen molar-refractivity contribution in [3.8, 4) is 0 Å². The quantitative estimate of drug-likeness (QED) is 0.281. The van der Waals surface area contributed by atoms with E-state index in [0.717, 1.165) is 0 Å². The first kappa shape index (κ1) is 13.5. The van der Waals surface area contributed by atoms with Crippen LogP contribution in [0.1, 0.15) is 6.42 Å². The van der Waals surface area contributed by atoms with Crippen molar-refractivity contribution in [2.45, 2.75) is 6.42 Å². The highest BCUT2D eigenvalue weighted by molar-refractivity contribution is 6.13. The number of aliphatic carboxylic acids is 1. The maximum atomic E-state index is 10.6. The summed E-state index contributed by atoms with van der Waals surface area (Å²) in [5.41, 5.74) is 0. The van der Waals surface area contributed by atoms with E-state index < -0.39 is 30.1 Å². The van der Waals surface area contributed by atoms with Crippen LogP contribution < -0.4 is 5.32 Å². The Hall–Kier alpha value is -2.55. The molecule has 96 valence electrons. The predicted octanol–water partition coefficient (Wildman–Crippen LogP) is -1.97. The number of carboxylic acid groups (broad SMARTS) is 1. The van der Waals surface area contributed by atoms with E-state index in [4.69, 9.17) is 10.3 Å². The average molecular weight is 256 g/mol. The van der Waals surface area contributed by atoms with Gasteiger partial charge in [0.1, 0.15) is 5.92 Å². The largest absolute Gasteiger partial charge is 0.481 e. The molecule has 0 aromatic carbocycles. The normalized spacial score (nSPS) is 21.8. The molecule has 0 aromatic rings. The first-order chi connectivity index (χ1) is 8.32. The second kappa shape index (κ2) is 5.19. The molecule has 0 spiro atoms. The molecule has 9 heteroatoms. The number of carbonyl (C=O) groups is 5. The number of rotatable bonds is 1. The molecule has 2 heterocycles. The first-order valence-electron chi connectivity index (χ1n) is 4.64. The molecule has 0 saturated carbocycles. The second-order valence-electron chi connectivity index (χ2n) is 3.33. The Bertz CT molecular complexity index is 452. The number of carbonyl (C=O) groups excluding carboxylic acids is 4. The fraction of sp³-hybridized carbons (Fsp3) is 0.222. The first-order valence-corrected chi connectivity index (χ1v) is 4.64. The highest BCUT2D eigenvalue weighted by Crippen LogP contribution is 2.17. The van der Waals surface area contributed by atoms with Crippen LogP contribution in [0.25, 0.3) is 0 Å². The van der Waals surface area contributed by atoms with Gasteiger partial charge < -0.3 is 5.11 Å².